The number of nitrogens with zero attached hydrogens (tertiary/aromatic N) is 3. The van der Waals surface area contributed by atoms with E-state index < -0.39 is 0 Å². The summed E-state index contributed by atoms with van der Waals surface area (Å²) >= 11 is 1.42. The number of aryl methyl sites for hydroxylation is 1. The first kappa shape index (κ1) is 14.3. The second-order valence-corrected chi connectivity index (χ2v) is 5.78. The molecule has 2 aromatic heterocycles. The highest BCUT2D eigenvalue weighted by atomic mass is 32.1. The summed E-state index contributed by atoms with van der Waals surface area (Å²) in [6, 6.07) is 11.0. The summed E-state index contributed by atoms with van der Waals surface area (Å²) in [5, 5.41) is 7.62. The number of methoxy groups -OCH3 is 1. The molecule has 0 saturated heterocycles. The van der Waals surface area contributed by atoms with E-state index >= 15 is 0 Å². The standard InChI is InChI=1S/C15H14N4O2S/c1-10-9-16-15(22-10)17-14(20)12-8-13(21-2)18-19(12)11-6-4-3-5-7-11/h3-9H,1-2H3,(H,16,17,20). The molecule has 7 heteroatoms. The number of amides is 1. The number of anilines is 1. The van der Waals surface area contributed by atoms with Crippen molar-refractivity contribution in [1.82, 2.24) is 14.8 Å². The van der Waals surface area contributed by atoms with E-state index in [-0.39, 0.29) is 5.91 Å². The number of benzene rings is 1. The monoisotopic (exact) mass is 314 g/mol. The molecule has 22 heavy (non-hydrogen) atoms. The number of ether oxygens (including phenoxy) is 1. The van der Waals surface area contributed by atoms with E-state index in [9.17, 15) is 4.79 Å². The molecule has 3 aromatic rings. The molecule has 112 valence electrons. The molecule has 0 radical (unpaired) electrons. The van der Waals surface area contributed by atoms with Gasteiger partial charge in [-0.3, -0.25) is 10.1 Å². The number of hydrogen-bond acceptors (Lipinski definition) is 5. The number of nitrogens with one attached hydrogen (secondary N) is 1. The molecular weight excluding hydrogens is 300 g/mol. The fourth-order valence-corrected chi connectivity index (χ4v) is 2.62. The maximum atomic E-state index is 12.5. The van der Waals surface area contributed by atoms with Gasteiger partial charge in [-0.1, -0.05) is 18.2 Å². The third-order valence-electron chi connectivity index (χ3n) is 2.97. The summed E-state index contributed by atoms with van der Waals surface area (Å²) in [5.74, 6) is 0.0957. The lowest BCUT2D eigenvalue weighted by atomic mass is 10.3. The third-order valence-corrected chi connectivity index (χ3v) is 3.80. The molecular formula is C15H14N4O2S. The summed E-state index contributed by atoms with van der Waals surface area (Å²) in [4.78, 5) is 17.7. The summed E-state index contributed by atoms with van der Waals surface area (Å²) in [5.41, 5.74) is 1.17. The average Bonchev–Trinajstić information content (AvgIpc) is 3.14. The minimum Gasteiger partial charge on any atom is -0.480 e. The second kappa shape index (κ2) is 5.98. The zero-order valence-electron chi connectivity index (χ0n) is 12.1. The Morgan fingerprint density at radius 2 is 2.09 bits per heavy atom. The Balaban J connectivity index is 1.95. The van der Waals surface area contributed by atoms with Gasteiger partial charge in [-0.05, 0) is 19.1 Å². The molecule has 3 rings (SSSR count). The molecule has 0 saturated carbocycles. The highest BCUT2D eigenvalue weighted by molar-refractivity contribution is 7.15. The zero-order valence-corrected chi connectivity index (χ0v) is 12.9. The molecule has 6 nitrogen and oxygen atoms in total. The van der Waals surface area contributed by atoms with Crippen molar-refractivity contribution < 1.29 is 9.53 Å². The van der Waals surface area contributed by atoms with Gasteiger partial charge < -0.3 is 4.74 Å². The minimum absolute atomic E-state index is 0.283. The number of thiazole rings is 1. The predicted octanol–water partition coefficient (Wildman–Crippen LogP) is 2.90. The van der Waals surface area contributed by atoms with E-state index in [1.54, 1.807) is 16.9 Å². The van der Waals surface area contributed by atoms with Gasteiger partial charge in [0.05, 0.1) is 12.8 Å². The number of carbonyl (C=O) groups is 1. The van der Waals surface area contributed by atoms with Gasteiger partial charge in [-0.15, -0.1) is 16.4 Å². The van der Waals surface area contributed by atoms with Crippen molar-refractivity contribution in [2.75, 3.05) is 12.4 Å². The zero-order chi connectivity index (χ0) is 15.5. The van der Waals surface area contributed by atoms with Crippen LogP contribution in [0.1, 0.15) is 15.4 Å². The lowest BCUT2D eigenvalue weighted by Gasteiger charge is -2.06. The van der Waals surface area contributed by atoms with Crippen LogP contribution in [-0.4, -0.2) is 27.8 Å². The molecule has 1 aromatic carbocycles. The van der Waals surface area contributed by atoms with E-state index in [1.807, 2.05) is 37.3 Å². The van der Waals surface area contributed by atoms with Crippen molar-refractivity contribution >= 4 is 22.4 Å². The van der Waals surface area contributed by atoms with E-state index in [0.717, 1.165) is 10.6 Å². The van der Waals surface area contributed by atoms with Crippen LogP contribution in [0.5, 0.6) is 5.88 Å². The van der Waals surface area contributed by atoms with Gasteiger partial charge in [-0.2, -0.15) is 0 Å². The van der Waals surface area contributed by atoms with Crippen molar-refractivity contribution in [1.29, 1.82) is 0 Å². The molecule has 1 N–H and O–H groups in total. The fourth-order valence-electron chi connectivity index (χ4n) is 1.96. The summed E-state index contributed by atoms with van der Waals surface area (Å²) in [6.07, 6.45) is 1.72. The van der Waals surface area contributed by atoms with Crippen LogP contribution in [0.2, 0.25) is 0 Å². The molecule has 0 aliphatic rings. The molecule has 0 aliphatic carbocycles. The van der Waals surface area contributed by atoms with E-state index in [0.29, 0.717) is 16.7 Å². The molecule has 2 heterocycles. The molecule has 0 aliphatic heterocycles. The van der Waals surface area contributed by atoms with Crippen LogP contribution < -0.4 is 10.1 Å². The average molecular weight is 314 g/mol. The Kier molecular flexibility index (Phi) is 3.88. The van der Waals surface area contributed by atoms with Crippen LogP contribution in [0.15, 0.2) is 42.6 Å². The molecule has 0 atom stereocenters. The number of rotatable bonds is 4. The van der Waals surface area contributed by atoms with Crippen LogP contribution in [-0.2, 0) is 0 Å². The first-order chi connectivity index (χ1) is 10.7. The summed E-state index contributed by atoms with van der Waals surface area (Å²) < 4.78 is 6.69. The van der Waals surface area contributed by atoms with Crippen molar-refractivity contribution in [2.24, 2.45) is 0 Å². The Bertz CT molecular complexity index is 795. The largest absolute Gasteiger partial charge is 0.480 e. The smallest absolute Gasteiger partial charge is 0.276 e. The maximum absolute atomic E-state index is 12.5. The SMILES string of the molecule is COc1cc(C(=O)Nc2ncc(C)s2)n(-c2ccccc2)n1. The van der Waals surface area contributed by atoms with Crippen LogP contribution in [0.25, 0.3) is 5.69 Å². The van der Waals surface area contributed by atoms with Crippen LogP contribution in [0, 0.1) is 6.92 Å². The third kappa shape index (κ3) is 2.84. The lowest BCUT2D eigenvalue weighted by molar-refractivity contribution is 0.101. The minimum atomic E-state index is -0.283. The summed E-state index contributed by atoms with van der Waals surface area (Å²) in [6.45, 7) is 1.94. The van der Waals surface area contributed by atoms with E-state index in [2.05, 4.69) is 15.4 Å². The Hall–Kier alpha value is -2.67. The number of carbonyl (C=O) groups excluding carboxylic acids is 1. The van der Waals surface area contributed by atoms with Gasteiger partial charge in [0.15, 0.2) is 5.13 Å². The van der Waals surface area contributed by atoms with Crippen LogP contribution in [0.4, 0.5) is 5.13 Å². The number of aromatic nitrogens is 3. The normalized spacial score (nSPS) is 10.5. The van der Waals surface area contributed by atoms with Crippen molar-refractivity contribution in [3.63, 3.8) is 0 Å². The van der Waals surface area contributed by atoms with Crippen molar-refractivity contribution in [3.8, 4) is 11.6 Å². The number of hydrogen-bond donors (Lipinski definition) is 1. The Morgan fingerprint density at radius 1 is 1.32 bits per heavy atom. The van der Waals surface area contributed by atoms with Gasteiger partial charge in [0.2, 0.25) is 5.88 Å². The predicted molar refractivity (Wildman–Crippen MR) is 84.9 cm³/mol. The van der Waals surface area contributed by atoms with E-state index in [4.69, 9.17) is 4.74 Å². The van der Waals surface area contributed by atoms with Gasteiger partial charge in [0.25, 0.3) is 5.91 Å². The van der Waals surface area contributed by atoms with E-state index in [1.165, 1.54) is 18.4 Å². The van der Waals surface area contributed by atoms with Crippen molar-refractivity contribution in [3.05, 3.63) is 53.2 Å². The quantitative estimate of drug-likeness (QED) is 0.804. The van der Waals surface area contributed by atoms with Crippen molar-refractivity contribution in [2.45, 2.75) is 6.92 Å². The molecule has 0 unspecified atom stereocenters. The highest BCUT2D eigenvalue weighted by Crippen LogP contribution is 2.21. The second-order valence-electron chi connectivity index (χ2n) is 4.55. The summed E-state index contributed by atoms with van der Waals surface area (Å²) in [7, 11) is 1.52. The highest BCUT2D eigenvalue weighted by Gasteiger charge is 2.18. The van der Waals surface area contributed by atoms with Crippen LogP contribution in [0.3, 0.4) is 0 Å². The Morgan fingerprint density at radius 3 is 2.73 bits per heavy atom. The topological polar surface area (TPSA) is 69.0 Å². The molecule has 1 amide bonds. The first-order valence-corrected chi connectivity index (χ1v) is 7.42. The lowest BCUT2D eigenvalue weighted by Crippen LogP contribution is -2.16. The molecule has 0 spiro atoms. The van der Waals surface area contributed by atoms with Gasteiger partial charge in [-0.25, -0.2) is 9.67 Å². The first-order valence-electron chi connectivity index (χ1n) is 6.60. The molecule has 0 bridgehead atoms. The van der Waals surface area contributed by atoms with Gasteiger partial charge >= 0.3 is 0 Å². The maximum Gasteiger partial charge on any atom is 0.276 e. The van der Waals surface area contributed by atoms with Gasteiger partial charge in [0.1, 0.15) is 5.69 Å². The van der Waals surface area contributed by atoms with Crippen LogP contribution >= 0.6 is 11.3 Å². The Labute approximate surface area is 131 Å². The molecule has 0 fully saturated rings. The number of para-hydroxylation sites is 1. The van der Waals surface area contributed by atoms with Gasteiger partial charge in [0, 0.05) is 17.1 Å². The fraction of sp³-hybridized carbons (Fsp3) is 0.133.